The van der Waals surface area contributed by atoms with Gasteiger partial charge in [0.2, 0.25) is 5.91 Å². The average molecular weight is 347 g/mol. The van der Waals surface area contributed by atoms with E-state index in [2.05, 4.69) is 5.32 Å². The van der Waals surface area contributed by atoms with Crippen LogP contribution in [-0.2, 0) is 15.1 Å². The van der Waals surface area contributed by atoms with Gasteiger partial charge in [0.25, 0.3) is 0 Å². The molecular weight excluding hydrogens is 328 g/mol. The number of carboxylic acid groups (broad SMARTS) is 1. The molecule has 0 saturated carbocycles. The molecule has 2 N–H and O–H groups in total. The number of aliphatic carboxylic acids is 1. The molecule has 2 rings (SSSR count). The Morgan fingerprint density at radius 2 is 1.52 bits per heavy atom. The van der Waals surface area contributed by atoms with Crippen LogP contribution >= 0.6 is 0 Å². The third-order valence-electron chi connectivity index (χ3n) is 4.17. The van der Waals surface area contributed by atoms with Crippen molar-refractivity contribution in [3.8, 4) is 0 Å². The minimum absolute atomic E-state index is 0.0374. The summed E-state index contributed by atoms with van der Waals surface area (Å²) in [5.74, 6) is -2.79. The molecule has 0 heterocycles. The molecule has 0 aliphatic carbocycles. The van der Waals surface area contributed by atoms with Crippen molar-refractivity contribution in [3.63, 3.8) is 0 Å². The van der Waals surface area contributed by atoms with Crippen LogP contribution in [-0.4, -0.2) is 17.0 Å². The van der Waals surface area contributed by atoms with E-state index in [1.807, 2.05) is 0 Å². The number of carbonyl (C=O) groups excluding carboxylic acids is 1. The van der Waals surface area contributed by atoms with E-state index >= 15 is 0 Å². The van der Waals surface area contributed by atoms with Crippen LogP contribution in [0, 0.1) is 11.6 Å². The number of rotatable bonds is 6. The first-order valence-corrected chi connectivity index (χ1v) is 7.78. The predicted octanol–water partition coefficient (Wildman–Crippen LogP) is 3.57. The summed E-state index contributed by atoms with van der Waals surface area (Å²) >= 11 is 0. The molecule has 0 aromatic heterocycles. The van der Waals surface area contributed by atoms with E-state index in [-0.39, 0.29) is 23.7 Å². The lowest BCUT2D eigenvalue weighted by Gasteiger charge is -2.27. The number of nitrogens with one attached hydrogen (secondary N) is 1. The van der Waals surface area contributed by atoms with Crippen LogP contribution in [0.1, 0.15) is 37.3 Å². The number of carbonyl (C=O) groups is 2. The lowest BCUT2D eigenvalue weighted by atomic mass is 9.90. The van der Waals surface area contributed by atoms with Gasteiger partial charge in [-0.15, -0.1) is 0 Å². The minimum Gasteiger partial charge on any atom is -0.479 e. The van der Waals surface area contributed by atoms with Crippen LogP contribution in [0.25, 0.3) is 0 Å². The first-order valence-electron chi connectivity index (χ1n) is 7.78. The van der Waals surface area contributed by atoms with Gasteiger partial charge in [-0.25, -0.2) is 13.6 Å². The van der Waals surface area contributed by atoms with Crippen LogP contribution in [0.3, 0.4) is 0 Å². The van der Waals surface area contributed by atoms with Crippen LogP contribution in [0.15, 0.2) is 48.5 Å². The van der Waals surface area contributed by atoms with E-state index in [4.69, 9.17) is 0 Å². The third-order valence-corrected chi connectivity index (χ3v) is 4.17. The van der Waals surface area contributed by atoms with Gasteiger partial charge in [0.05, 0.1) is 0 Å². The minimum atomic E-state index is -1.67. The van der Waals surface area contributed by atoms with Gasteiger partial charge in [-0.2, -0.15) is 0 Å². The summed E-state index contributed by atoms with van der Waals surface area (Å²) < 4.78 is 26.0. The summed E-state index contributed by atoms with van der Waals surface area (Å²) in [5, 5.41) is 12.0. The number of carboxylic acids is 1. The van der Waals surface area contributed by atoms with Crippen LogP contribution < -0.4 is 5.32 Å². The molecule has 0 spiro atoms. The van der Waals surface area contributed by atoms with E-state index in [0.717, 1.165) is 17.7 Å². The van der Waals surface area contributed by atoms with Crippen molar-refractivity contribution in [1.29, 1.82) is 0 Å². The highest BCUT2D eigenvalue weighted by Gasteiger charge is 2.37. The van der Waals surface area contributed by atoms with Crippen molar-refractivity contribution in [2.45, 2.75) is 31.7 Å². The van der Waals surface area contributed by atoms with E-state index in [9.17, 15) is 23.5 Å². The monoisotopic (exact) mass is 347 g/mol. The molecule has 2 atom stereocenters. The fourth-order valence-electron chi connectivity index (χ4n) is 2.55. The summed E-state index contributed by atoms with van der Waals surface area (Å²) in [6.45, 7) is 3.14. The van der Waals surface area contributed by atoms with Gasteiger partial charge in [-0.05, 0) is 48.2 Å². The Labute approximate surface area is 144 Å². The summed E-state index contributed by atoms with van der Waals surface area (Å²) in [6, 6.07) is 10.7. The van der Waals surface area contributed by atoms with E-state index < -0.39 is 23.2 Å². The molecule has 0 radical (unpaired) electrons. The number of hydrogen-bond donors (Lipinski definition) is 2. The van der Waals surface area contributed by atoms with Crippen LogP contribution in [0.5, 0.6) is 0 Å². The van der Waals surface area contributed by atoms with Gasteiger partial charge in [0, 0.05) is 6.42 Å². The molecule has 25 heavy (non-hydrogen) atoms. The van der Waals surface area contributed by atoms with E-state index in [1.54, 1.807) is 19.1 Å². The SMILES string of the molecule is CC(CC(=O)NC(C)(C(=O)O)c1ccc(F)cc1)c1ccc(F)cc1. The van der Waals surface area contributed by atoms with Gasteiger partial charge in [0.1, 0.15) is 11.6 Å². The standard InChI is InChI=1S/C19H19F2NO3/c1-12(13-3-7-15(20)8-4-13)11-17(23)22-19(2,18(24)25)14-5-9-16(21)10-6-14/h3-10,12H,11H2,1-2H3,(H,22,23)(H,24,25). The molecule has 2 unspecified atom stereocenters. The Hall–Kier alpha value is -2.76. The summed E-state index contributed by atoms with van der Waals surface area (Å²) in [6.07, 6.45) is 0.0374. The second kappa shape index (κ2) is 7.42. The highest BCUT2D eigenvalue weighted by molar-refractivity contribution is 5.88. The summed E-state index contributed by atoms with van der Waals surface area (Å²) in [4.78, 5) is 24.0. The number of hydrogen-bond acceptors (Lipinski definition) is 2. The first kappa shape index (κ1) is 18.6. The molecule has 4 nitrogen and oxygen atoms in total. The third kappa shape index (κ3) is 4.41. The van der Waals surface area contributed by atoms with Crippen molar-refractivity contribution in [2.24, 2.45) is 0 Å². The van der Waals surface area contributed by atoms with Gasteiger partial charge in [-0.3, -0.25) is 4.79 Å². The molecule has 132 valence electrons. The maximum Gasteiger partial charge on any atom is 0.333 e. The topological polar surface area (TPSA) is 66.4 Å². The van der Waals surface area contributed by atoms with E-state index in [1.165, 1.54) is 31.2 Å². The van der Waals surface area contributed by atoms with Crippen molar-refractivity contribution < 1.29 is 23.5 Å². The molecule has 0 aliphatic rings. The average Bonchev–Trinajstić information content (AvgIpc) is 2.55. The molecule has 6 heteroatoms. The Morgan fingerprint density at radius 3 is 2.00 bits per heavy atom. The zero-order valence-corrected chi connectivity index (χ0v) is 13.9. The molecule has 2 aromatic rings. The maximum absolute atomic E-state index is 13.1. The first-order chi connectivity index (χ1) is 11.7. The predicted molar refractivity (Wildman–Crippen MR) is 89.0 cm³/mol. The fraction of sp³-hybridized carbons (Fsp3) is 0.263. The van der Waals surface area contributed by atoms with Crippen molar-refractivity contribution >= 4 is 11.9 Å². The highest BCUT2D eigenvalue weighted by Crippen LogP contribution is 2.24. The van der Waals surface area contributed by atoms with Gasteiger partial charge < -0.3 is 10.4 Å². The van der Waals surface area contributed by atoms with Crippen molar-refractivity contribution in [3.05, 3.63) is 71.3 Å². The normalized spacial score (nSPS) is 14.4. The molecular formula is C19H19F2NO3. The lowest BCUT2D eigenvalue weighted by molar-refractivity contribution is -0.147. The molecule has 0 bridgehead atoms. The lowest BCUT2D eigenvalue weighted by Crippen LogP contribution is -2.49. The van der Waals surface area contributed by atoms with Crippen LogP contribution in [0.2, 0.25) is 0 Å². The molecule has 0 aliphatic heterocycles. The second-order valence-corrected chi connectivity index (χ2v) is 6.14. The number of benzene rings is 2. The Balaban J connectivity index is 2.13. The smallest absolute Gasteiger partial charge is 0.333 e. The second-order valence-electron chi connectivity index (χ2n) is 6.14. The van der Waals surface area contributed by atoms with Gasteiger partial charge >= 0.3 is 5.97 Å². The maximum atomic E-state index is 13.1. The highest BCUT2D eigenvalue weighted by atomic mass is 19.1. The zero-order valence-electron chi connectivity index (χ0n) is 13.9. The Kier molecular flexibility index (Phi) is 5.51. The Bertz CT molecular complexity index is 759. The Morgan fingerprint density at radius 1 is 1.04 bits per heavy atom. The summed E-state index contributed by atoms with van der Waals surface area (Å²) in [5.41, 5.74) is -0.632. The van der Waals surface area contributed by atoms with E-state index in [0.29, 0.717) is 0 Å². The molecule has 2 aromatic carbocycles. The largest absolute Gasteiger partial charge is 0.479 e. The summed E-state index contributed by atoms with van der Waals surface area (Å²) in [7, 11) is 0. The van der Waals surface area contributed by atoms with Crippen molar-refractivity contribution in [2.75, 3.05) is 0 Å². The van der Waals surface area contributed by atoms with Gasteiger partial charge in [-0.1, -0.05) is 31.2 Å². The van der Waals surface area contributed by atoms with Crippen molar-refractivity contribution in [1.82, 2.24) is 5.32 Å². The molecule has 1 amide bonds. The zero-order chi connectivity index (χ0) is 18.6. The number of halogens is 2. The molecule has 0 saturated heterocycles. The van der Waals surface area contributed by atoms with Crippen LogP contribution in [0.4, 0.5) is 8.78 Å². The fourth-order valence-corrected chi connectivity index (χ4v) is 2.55. The number of amides is 1. The quantitative estimate of drug-likeness (QED) is 0.839. The molecule has 0 fully saturated rings. The van der Waals surface area contributed by atoms with Gasteiger partial charge in [0.15, 0.2) is 5.54 Å².